The SMILES string of the molecule is COc1ccc(C)cc1NC(=O)Cn1nc(C2CC2)ccc1=O. The minimum absolute atomic E-state index is 0.115. The summed E-state index contributed by atoms with van der Waals surface area (Å²) in [6.45, 7) is 1.82. The standard InChI is InChI=1S/C17H19N3O3/c1-11-3-7-15(23-2)14(9-11)18-16(21)10-20-17(22)8-6-13(19-20)12-4-5-12/h3,6-9,12H,4-5,10H2,1-2H3,(H,18,21). The Kier molecular flexibility index (Phi) is 4.14. The Balaban J connectivity index is 1.76. The van der Waals surface area contributed by atoms with Gasteiger partial charge in [0.2, 0.25) is 5.91 Å². The number of hydrogen-bond acceptors (Lipinski definition) is 4. The molecule has 23 heavy (non-hydrogen) atoms. The molecule has 1 aliphatic rings. The fraction of sp³-hybridized carbons (Fsp3) is 0.353. The monoisotopic (exact) mass is 313 g/mol. The molecule has 120 valence electrons. The van der Waals surface area contributed by atoms with Crippen molar-refractivity contribution in [2.45, 2.75) is 32.2 Å². The number of aromatic nitrogens is 2. The fourth-order valence-corrected chi connectivity index (χ4v) is 2.42. The highest BCUT2D eigenvalue weighted by molar-refractivity contribution is 5.92. The van der Waals surface area contributed by atoms with Gasteiger partial charge >= 0.3 is 0 Å². The molecule has 0 bridgehead atoms. The number of benzene rings is 1. The number of nitrogens with zero attached hydrogens (tertiary/aromatic N) is 2. The number of amides is 1. The Bertz CT molecular complexity index is 794. The van der Waals surface area contributed by atoms with Crippen LogP contribution in [0.5, 0.6) is 5.75 Å². The quantitative estimate of drug-likeness (QED) is 0.917. The zero-order chi connectivity index (χ0) is 16.4. The van der Waals surface area contributed by atoms with Crippen molar-refractivity contribution in [1.29, 1.82) is 0 Å². The van der Waals surface area contributed by atoms with Gasteiger partial charge in [-0.1, -0.05) is 6.07 Å². The molecule has 0 unspecified atom stereocenters. The van der Waals surface area contributed by atoms with Gasteiger partial charge in [-0.25, -0.2) is 4.68 Å². The van der Waals surface area contributed by atoms with Gasteiger partial charge in [0, 0.05) is 12.0 Å². The molecule has 0 aliphatic heterocycles. The van der Waals surface area contributed by atoms with Gasteiger partial charge < -0.3 is 10.1 Å². The lowest BCUT2D eigenvalue weighted by molar-refractivity contribution is -0.117. The molecular formula is C17H19N3O3. The van der Waals surface area contributed by atoms with Crippen LogP contribution in [0.2, 0.25) is 0 Å². The normalized spacial score (nSPS) is 13.7. The number of rotatable bonds is 5. The highest BCUT2D eigenvalue weighted by atomic mass is 16.5. The molecule has 1 aromatic heterocycles. The first kappa shape index (κ1) is 15.3. The molecule has 1 amide bonds. The number of carbonyl (C=O) groups excluding carboxylic acids is 1. The van der Waals surface area contributed by atoms with E-state index in [0.717, 1.165) is 24.1 Å². The molecule has 0 spiro atoms. The lowest BCUT2D eigenvalue weighted by Gasteiger charge is -2.11. The summed E-state index contributed by atoms with van der Waals surface area (Å²) in [5, 5.41) is 7.07. The molecule has 1 fully saturated rings. The molecule has 1 heterocycles. The summed E-state index contributed by atoms with van der Waals surface area (Å²) in [4.78, 5) is 24.1. The van der Waals surface area contributed by atoms with Crippen LogP contribution in [0.1, 0.15) is 30.0 Å². The molecule has 1 aromatic carbocycles. The molecule has 1 saturated carbocycles. The molecule has 6 heteroatoms. The van der Waals surface area contributed by atoms with E-state index in [0.29, 0.717) is 17.4 Å². The number of aryl methyl sites for hydroxylation is 1. The first-order valence-electron chi connectivity index (χ1n) is 7.59. The van der Waals surface area contributed by atoms with Crippen LogP contribution in [0.4, 0.5) is 5.69 Å². The molecule has 6 nitrogen and oxygen atoms in total. The van der Waals surface area contributed by atoms with Crippen molar-refractivity contribution in [2.75, 3.05) is 12.4 Å². The third kappa shape index (κ3) is 3.59. The summed E-state index contributed by atoms with van der Waals surface area (Å²) in [5.74, 6) is 0.703. The van der Waals surface area contributed by atoms with Crippen LogP contribution in [0, 0.1) is 6.92 Å². The van der Waals surface area contributed by atoms with E-state index in [1.807, 2.05) is 19.1 Å². The highest BCUT2D eigenvalue weighted by Gasteiger charge is 2.25. The third-order valence-corrected chi connectivity index (χ3v) is 3.81. The molecule has 1 aliphatic carbocycles. The van der Waals surface area contributed by atoms with Gasteiger partial charge in [0.1, 0.15) is 12.3 Å². The summed E-state index contributed by atoms with van der Waals surface area (Å²) < 4.78 is 6.45. The second-order valence-corrected chi connectivity index (χ2v) is 5.78. The topological polar surface area (TPSA) is 73.2 Å². The second-order valence-electron chi connectivity index (χ2n) is 5.78. The predicted octanol–water partition coefficient (Wildman–Crippen LogP) is 2.08. The summed E-state index contributed by atoms with van der Waals surface area (Å²) in [6, 6.07) is 8.75. The average Bonchev–Trinajstić information content (AvgIpc) is 3.34. The zero-order valence-corrected chi connectivity index (χ0v) is 13.2. The molecular weight excluding hydrogens is 294 g/mol. The van der Waals surface area contributed by atoms with E-state index in [-0.39, 0.29) is 18.0 Å². The smallest absolute Gasteiger partial charge is 0.267 e. The van der Waals surface area contributed by atoms with Crippen molar-refractivity contribution in [2.24, 2.45) is 0 Å². The van der Waals surface area contributed by atoms with Crippen molar-refractivity contribution in [3.8, 4) is 5.75 Å². The van der Waals surface area contributed by atoms with Gasteiger partial charge in [0.15, 0.2) is 0 Å². The van der Waals surface area contributed by atoms with Crippen LogP contribution in [0.25, 0.3) is 0 Å². The zero-order valence-electron chi connectivity index (χ0n) is 13.2. The summed E-state index contributed by atoms with van der Waals surface area (Å²) in [6.07, 6.45) is 2.19. The Morgan fingerprint density at radius 1 is 1.35 bits per heavy atom. The maximum absolute atomic E-state index is 12.2. The Morgan fingerprint density at radius 3 is 2.83 bits per heavy atom. The van der Waals surface area contributed by atoms with Crippen LogP contribution in [0.3, 0.4) is 0 Å². The van der Waals surface area contributed by atoms with Crippen LogP contribution in [0.15, 0.2) is 35.1 Å². The number of hydrogen-bond donors (Lipinski definition) is 1. The summed E-state index contributed by atoms with van der Waals surface area (Å²) >= 11 is 0. The van der Waals surface area contributed by atoms with Crippen LogP contribution >= 0.6 is 0 Å². The largest absolute Gasteiger partial charge is 0.495 e. The molecule has 3 rings (SSSR count). The van der Waals surface area contributed by atoms with E-state index >= 15 is 0 Å². The van der Waals surface area contributed by atoms with Crippen LogP contribution < -0.4 is 15.6 Å². The summed E-state index contributed by atoms with van der Waals surface area (Å²) in [7, 11) is 1.55. The third-order valence-electron chi connectivity index (χ3n) is 3.81. The van der Waals surface area contributed by atoms with E-state index in [9.17, 15) is 9.59 Å². The Labute approximate surface area is 134 Å². The number of anilines is 1. The van der Waals surface area contributed by atoms with Crippen molar-refractivity contribution >= 4 is 11.6 Å². The molecule has 0 atom stereocenters. The van der Waals surface area contributed by atoms with E-state index in [4.69, 9.17) is 4.74 Å². The van der Waals surface area contributed by atoms with Gasteiger partial charge in [-0.3, -0.25) is 9.59 Å². The van der Waals surface area contributed by atoms with Gasteiger partial charge in [-0.2, -0.15) is 5.10 Å². The van der Waals surface area contributed by atoms with Gasteiger partial charge in [0.05, 0.1) is 18.5 Å². The van der Waals surface area contributed by atoms with E-state index in [1.54, 1.807) is 19.2 Å². The maximum Gasteiger partial charge on any atom is 0.267 e. The Morgan fingerprint density at radius 2 is 2.13 bits per heavy atom. The number of carbonyl (C=O) groups is 1. The van der Waals surface area contributed by atoms with E-state index in [2.05, 4.69) is 10.4 Å². The van der Waals surface area contributed by atoms with E-state index in [1.165, 1.54) is 10.7 Å². The van der Waals surface area contributed by atoms with Crippen molar-refractivity contribution < 1.29 is 9.53 Å². The minimum atomic E-state index is -0.309. The molecule has 2 aromatic rings. The average molecular weight is 313 g/mol. The molecule has 0 radical (unpaired) electrons. The highest BCUT2D eigenvalue weighted by Crippen LogP contribution is 2.38. The fourth-order valence-electron chi connectivity index (χ4n) is 2.42. The van der Waals surface area contributed by atoms with E-state index < -0.39 is 0 Å². The lowest BCUT2D eigenvalue weighted by Crippen LogP contribution is -2.29. The summed E-state index contributed by atoms with van der Waals surface area (Å²) in [5.41, 5.74) is 2.20. The van der Waals surface area contributed by atoms with Gasteiger partial charge in [0.25, 0.3) is 5.56 Å². The Hall–Kier alpha value is -2.63. The number of methoxy groups -OCH3 is 1. The van der Waals surface area contributed by atoms with Gasteiger partial charge in [-0.15, -0.1) is 0 Å². The first-order valence-corrected chi connectivity index (χ1v) is 7.59. The predicted molar refractivity (Wildman–Crippen MR) is 86.8 cm³/mol. The van der Waals surface area contributed by atoms with Crippen LogP contribution in [-0.2, 0) is 11.3 Å². The molecule has 0 saturated heterocycles. The lowest BCUT2D eigenvalue weighted by atomic mass is 10.2. The second kappa shape index (κ2) is 6.24. The van der Waals surface area contributed by atoms with Gasteiger partial charge in [-0.05, 0) is 43.5 Å². The number of ether oxygens (including phenoxy) is 1. The minimum Gasteiger partial charge on any atom is -0.495 e. The molecule has 1 N–H and O–H groups in total. The van der Waals surface area contributed by atoms with Crippen LogP contribution in [-0.4, -0.2) is 22.8 Å². The van der Waals surface area contributed by atoms with Crippen molar-refractivity contribution in [3.05, 3.63) is 51.9 Å². The van der Waals surface area contributed by atoms with Crippen molar-refractivity contribution in [1.82, 2.24) is 9.78 Å². The van der Waals surface area contributed by atoms with Crippen molar-refractivity contribution in [3.63, 3.8) is 0 Å². The number of nitrogens with one attached hydrogen (secondary N) is 1. The maximum atomic E-state index is 12.2. The first-order chi connectivity index (χ1) is 11.1.